The van der Waals surface area contributed by atoms with Crippen LogP contribution >= 0.6 is 23.8 Å². The highest BCUT2D eigenvalue weighted by Gasteiger charge is 2.08. The van der Waals surface area contributed by atoms with E-state index in [4.69, 9.17) is 23.8 Å². The number of hydrogen-bond donors (Lipinski definition) is 2. The molecule has 28 heavy (non-hydrogen) atoms. The number of carbonyl (C=O) groups is 2. The Kier molecular flexibility index (Phi) is 8.42. The molecule has 0 aromatic heterocycles. The van der Waals surface area contributed by atoms with E-state index in [9.17, 15) is 9.59 Å². The summed E-state index contributed by atoms with van der Waals surface area (Å²) in [5.41, 5.74) is 2.72. The second-order valence-electron chi connectivity index (χ2n) is 6.58. The van der Waals surface area contributed by atoms with Gasteiger partial charge in [-0.15, -0.1) is 0 Å². The van der Waals surface area contributed by atoms with Crippen LogP contribution in [0.2, 0.25) is 5.02 Å². The third-order valence-electron chi connectivity index (χ3n) is 4.14. The van der Waals surface area contributed by atoms with Crippen LogP contribution in [0.1, 0.15) is 24.0 Å². The molecule has 0 spiro atoms. The first-order chi connectivity index (χ1) is 13.3. The standard InChI is InChI=1S/C21H24ClN3O2S/c1-25(2)20(27)13-10-15-6-5-8-17(14-15)23-21(28)24-19(26)12-11-16-7-3-4-9-18(16)22/h3-9,14H,10-13H2,1-2H3,(H2,23,24,26,28). The maximum Gasteiger partial charge on any atom is 0.226 e. The van der Waals surface area contributed by atoms with Gasteiger partial charge in [0.2, 0.25) is 11.8 Å². The van der Waals surface area contributed by atoms with Crippen LogP contribution < -0.4 is 10.6 Å². The number of anilines is 1. The Morgan fingerprint density at radius 1 is 1.04 bits per heavy atom. The van der Waals surface area contributed by atoms with Gasteiger partial charge in [-0.1, -0.05) is 41.9 Å². The first-order valence-corrected chi connectivity index (χ1v) is 9.77. The molecule has 0 heterocycles. The number of halogens is 1. The minimum absolute atomic E-state index is 0.0830. The van der Waals surface area contributed by atoms with Crippen molar-refractivity contribution in [2.24, 2.45) is 0 Å². The van der Waals surface area contributed by atoms with Gasteiger partial charge in [0.15, 0.2) is 5.11 Å². The third-order valence-corrected chi connectivity index (χ3v) is 4.72. The van der Waals surface area contributed by atoms with Crippen molar-refractivity contribution in [2.45, 2.75) is 25.7 Å². The van der Waals surface area contributed by atoms with E-state index in [1.807, 2.05) is 42.5 Å². The molecule has 0 saturated heterocycles. The average Bonchev–Trinajstić information content (AvgIpc) is 2.65. The lowest BCUT2D eigenvalue weighted by molar-refractivity contribution is -0.128. The molecule has 0 saturated carbocycles. The van der Waals surface area contributed by atoms with E-state index in [2.05, 4.69) is 10.6 Å². The van der Waals surface area contributed by atoms with Gasteiger partial charge in [-0.05, 0) is 54.4 Å². The number of aryl methyl sites for hydroxylation is 2. The highest BCUT2D eigenvalue weighted by Crippen LogP contribution is 2.16. The van der Waals surface area contributed by atoms with Crippen molar-refractivity contribution in [3.63, 3.8) is 0 Å². The van der Waals surface area contributed by atoms with E-state index in [-0.39, 0.29) is 23.3 Å². The fourth-order valence-corrected chi connectivity index (χ4v) is 3.04. The Hall–Kier alpha value is -2.44. The smallest absolute Gasteiger partial charge is 0.226 e. The van der Waals surface area contributed by atoms with Crippen LogP contribution in [0.5, 0.6) is 0 Å². The van der Waals surface area contributed by atoms with E-state index in [0.29, 0.717) is 24.3 Å². The Bertz CT molecular complexity index is 855. The molecule has 0 atom stereocenters. The minimum atomic E-state index is -0.176. The van der Waals surface area contributed by atoms with E-state index in [1.165, 1.54) is 0 Å². The second kappa shape index (κ2) is 10.8. The predicted octanol–water partition coefficient (Wildman–Crippen LogP) is 3.81. The summed E-state index contributed by atoms with van der Waals surface area (Å²) < 4.78 is 0. The van der Waals surface area contributed by atoms with Crippen molar-refractivity contribution in [3.05, 3.63) is 64.7 Å². The molecule has 0 fully saturated rings. The maximum atomic E-state index is 12.1. The van der Waals surface area contributed by atoms with Gasteiger partial charge in [0.05, 0.1) is 0 Å². The van der Waals surface area contributed by atoms with Gasteiger partial charge in [0.25, 0.3) is 0 Å². The molecular formula is C21H24ClN3O2S. The Morgan fingerprint density at radius 2 is 1.79 bits per heavy atom. The lowest BCUT2D eigenvalue weighted by Gasteiger charge is -2.12. The number of hydrogen-bond acceptors (Lipinski definition) is 3. The lowest BCUT2D eigenvalue weighted by atomic mass is 10.1. The zero-order valence-electron chi connectivity index (χ0n) is 16.0. The van der Waals surface area contributed by atoms with E-state index >= 15 is 0 Å². The average molecular weight is 418 g/mol. The van der Waals surface area contributed by atoms with Crippen molar-refractivity contribution in [1.29, 1.82) is 0 Å². The summed E-state index contributed by atoms with van der Waals surface area (Å²) in [5, 5.41) is 6.59. The Balaban J connectivity index is 1.82. The van der Waals surface area contributed by atoms with Crippen LogP contribution in [0.4, 0.5) is 5.69 Å². The Morgan fingerprint density at radius 3 is 2.50 bits per heavy atom. The molecule has 2 aromatic carbocycles. The van der Waals surface area contributed by atoms with E-state index in [1.54, 1.807) is 25.1 Å². The van der Waals surface area contributed by atoms with Gasteiger partial charge in [0.1, 0.15) is 0 Å². The topological polar surface area (TPSA) is 61.4 Å². The molecule has 0 aliphatic rings. The Labute approximate surface area is 176 Å². The summed E-state index contributed by atoms with van der Waals surface area (Å²) in [6.45, 7) is 0. The van der Waals surface area contributed by atoms with Gasteiger partial charge < -0.3 is 15.5 Å². The van der Waals surface area contributed by atoms with Crippen molar-refractivity contribution < 1.29 is 9.59 Å². The monoisotopic (exact) mass is 417 g/mol. The molecule has 0 aliphatic heterocycles. The maximum absolute atomic E-state index is 12.1. The molecule has 2 amide bonds. The second-order valence-corrected chi connectivity index (χ2v) is 7.40. The molecular weight excluding hydrogens is 394 g/mol. The quantitative estimate of drug-likeness (QED) is 0.672. The zero-order chi connectivity index (χ0) is 20.5. The molecule has 0 aliphatic carbocycles. The highest BCUT2D eigenvalue weighted by atomic mass is 35.5. The number of carbonyl (C=O) groups excluding carboxylic acids is 2. The number of thiocarbonyl (C=S) groups is 1. The van der Waals surface area contributed by atoms with Crippen molar-refractivity contribution in [2.75, 3.05) is 19.4 Å². The molecule has 2 aromatic rings. The van der Waals surface area contributed by atoms with Crippen molar-refractivity contribution in [1.82, 2.24) is 10.2 Å². The molecule has 0 bridgehead atoms. The van der Waals surface area contributed by atoms with Gasteiger partial charge in [-0.3, -0.25) is 9.59 Å². The summed E-state index contributed by atoms with van der Waals surface area (Å²) in [4.78, 5) is 25.4. The SMILES string of the molecule is CN(C)C(=O)CCc1cccc(NC(=S)NC(=O)CCc2ccccc2Cl)c1. The van der Waals surface area contributed by atoms with E-state index < -0.39 is 0 Å². The largest absolute Gasteiger partial charge is 0.349 e. The third kappa shape index (κ3) is 7.29. The van der Waals surface area contributed by atoms with Crippen molar-refractivity contribution >= 4 is 46.4 Å². The van der Waals surface area contributed by atoms with Gasteiger partial charge in [0, 0.05) is 37.6 Å². The van der Waals surface area contributed by atoms with Crippen LogP contribution in [0, 0.1) is 0 Å². The van der Waals surface area contributed by atoms with Crippen LogP contribution in [-0.4, -0.2) is 35.9 Å². The molecule has 7 heteroatoms. The molecule has 148 valence electrons. The molecule has 5 nitrogen and oxygen atoms in total. The molecule has 0 radical (unpaired) electrons. The highest BCUT2D eigenvalue weighted by molar-refractivity contribution is 7.80. The summed E-state index contributed by atoms with van der Waals surface area (Å²) in [6.07, 6.45) is 1.92. The number of benzene rings is 2. The van der Waals surface area contributed by atoms with Gasteiger partial charge >= 0.3 is 0 Å². The summed E-state index contributed by atoms with van der Waals surface area (Å²) in [6, 6.07) is 15.1. The van der Waals surface area contributed by atoms with E-state index in [0.717, 1.165) is 16.8 Å². The summed E-state index contributed by atoms with van der Waals surface area (Å²) in [5.74, 6) is -0.0928. The predicted molar refractivity (Wildman–Crippen MR) is 118 cm³/mol. The molecule has 0 unspecified atom stereocenters. The normalized spacial score (nSPS) is 10.2. The van der Waals surface area contributed by atoms with Crippen LogP contribution in [-0.2, 0) is 22.4 Å². The summed E-state index contributed by atoms with van der Waals surface area (Å²) in [7, 11) is 3.49. The minimum Gasteiger partial charge on any atom is -0.349 e. The van der Waals surface area contributed by atoms with Crippen LogP contribution in [0.3, 0.4) is 0 Å². The fraction of sp³-hybridized carbons (Fsp3) is 0.286. The van der Waals surface area contributed by atoms with Crippen LogP contribution in [0.25, 0.3) is 0 Å². The van der Waals surface area contributed by atoms with Gasteiger partial charge in [-0.25, -0.2) is 0 Å². The first kappa shape index (κ1) is 21.9. The van der Waals surface area contributed by atoms with Crippen LogP contribution in [0.15, 0.2) is 48.5 Å². The number of nitrogens with zero attached hydrogens (tertiary/aromatic N) is 1. The number of amides is 2. The van der Waals surface area contributed by atoms with Crippen molar-refractivity contribution in [3.8, 4) is 0 Å². The molecule has 2 rings (SSSR count). The lowest BCUT2D eigenvalue weighted by Crippen LogP contribution is -2.34. The first-order valence-electron chi connectivity index (χ1n) is 8.98. The number of rotatable bonds is 7. The summed E-state index contributed by atoms with van der Waals surface area (Å²) >= 11 is 11.3. The zero-order valence-corrected chi connectivity index (χ0v) is 17.6. The number of nitrogens with one attached hydrogen (secondary N) is 2. The molecule has 2 N–H and O–H groups in total. The fourth-order valence-electron chi connectivity index (χ4n) is 2.58. The van der Waals surface area contributed by atoms with Gasteiger partial charge in [-0.2, -0.15) is 0 Å².